The fourth-order valence-corrected chi connectivity index (χ4v) is 4.04. The molecule has 0 spiro atoms. The second-order valence-electron chi connectivity index (χ2n) is 5.55. The molecule has 1 heterocycles. The van der Waals surface area contributed by atoms with Crippen LogP contribution in [0.15, 0.2) is 42.5 Å². The molecule has 1 aliphatic rings. The van der Waals surface area contributed by atoms with Gasteiger partial charge in [0.15, 0.2) is 11.5 Å². The predicted octanol–water partition coefficient (Wildman–Crippen LogP) is 4.50. The van der Waals surface area contributed by atoms with Gasteiger partial charge in [0.25, 0.3) is 0 Å². The molecule has 2 aromatic rings. The number of para-hydroxylation sites is 1. The first kappa shape index (κ1) is 18.4. The third kappa shape index (κ3) is 3.33. The SMILES string of the molecule is COc1cccc(C2SCC(=O)N2c2ccc(C(F)(F)F)cc2)c1OC. The van der Waals surface area contributed by atoms with E-state index >= 15 is 0 Å². The van der Waals surface area contributed by atoms with E-state index in [2.05, 4.69) is 0 Å². The van der Waals surface area contributed by atoms with E-state index in [4.69, 9.17) is 9.47 Å². The lowest BCUT2D eigenvalue weighted by molar-refractivity contribution is -0.137. The predicted molar refractivity (Wildman–Crippen MR) is 93.7 cm³/mol. The maximum atomic E-state index is 12.8. The highest BCUT2D eigenvalue weighted by atomic mass is 32.2. The van der Waals surface area contributed by atoms with Gasteiger partial charge in [0.2, 0.25) is 5.91 Å². The zero-order chi connectivity index (χ0) is 18.9. The highest BCUT2D eigenvalue weighted by Gasteiger charge is 2.37. The van der Waals surface area contributed by atoms with Crippen LogP contribution in [-0.4, -0.2) is 25.9 Å². The van der Waals surface area contributed by atoms with E-state index in [9.17, 15) is 18.0 Å². The molecule has 1 fully saturated rings. The van der Waals surface area contributed by atoms with Crippen LogP contribution in [0.4, 0.5) is 18.9 Å². The molecule has 4 nitrogen and oxygen atoms in total. The van der Waals surface area contributed by atoms with Crippen molar-refractivity contribution >= 4 is 23.4 Å². The monoisotopic (exact) mass is 383 g/mol. The number of hydrogen-bond donors (Lipinski definition) is 0. The first-order valence-corrected chi connectivity index (χ1v) is 8.73. The van der Waals surface area contributed by atoms with Crippen LogP contribution in [0, 0.1) is 0 Å². The number of carbonyl (C=O) groups excluding carboxylic acids is 1. The van der Waals surface area contributed by atoms with Gasteiger partial charge >= 0.3 is 6.18 Å². The average molecular weight is 383 g/mol. The van der Waals surface area contributed by atoms with E-state index in [1.54, 1.807) is 12.1 Å². The van der Waals surface area contributed by atoms with Crippen LogP contribution in [0.25, 0.3) is 0 Å². The summed E-state index contributed by atoms with van der Waals surface area (Å²) < 4.78 is 49.1. The summed E-state index contributed by atoms with van der Waals surface area (Å²) in [4.78, 5) is 13.9. The summed E-state index contributed by atoms with van der Waals surface area (Å²) >= 11 is 1.38. The van der Waals surface area contributed by atoms with Crippen LogP contribution in [0.1, 0.15) is 16.5 Å². The summed E-state index contributed by atoms with van der Waals surface area (Å²) in [5, 5.41) is -0.413. The summed E-state index contributed by atoms with van der Waals surface area (Å²) in [5.41, 5.74) is 0.376. The Hall–Kier alpha value is -2.35. The minimum Gasteiger partial charge on any atom is -0.493 e. The molecule has 138 valence electrons. The second kappa shape index (κ2) is 7.11. The van der Waals surface area contributed by atoms with E-state index in [0.717, 1.165) is 17.7 Å². The summed E-state index contributed by atoms with van der Waals surface area (Å²) in [7, 11) is 3.02. The van der Waals surface area contributed by atoms with Gasteiger partial charge in [0, 0.05) is 11.3 Å². The first-order chi connectivity index (χ1) is 12.4. The standard InChI is InChI=1S/C18H16F3NO3S/c1-24-14-5-3-4-13(16(14)25-2)17-22(15(23)10-26-17)12-8-6-11(7-9-12)18(19,20)21/h3-9,17H,10H2,1-2H3. The number of thioether (sulfide) groups is 1. The molecule has 0 aromatic heterocycles. The number of anilines is 1. The number of nitrogens with zero attached hydrogens (tertiary/aromatic N) is 1. The number of alkyl halides is 3. The lowest BCUT2D eigenvalue weighted by Crippen LogP contribution is -2.28. The molecular weight excluding hydrogens is 367 g/mol. The topological polar surface area (TPSA) is 38.8 Å². The average Bonchev–Trinajstić information content (AvgIpc) is 3.01. The minimum absolute atomic E-state index is 0.176. The van der Waals surface area contributed by atoms with Gasteiger partial charge in [-0.2, -0.15) is 13.2 Å². The maximum absolute atomic E-state index is 12.8. The van der Waals surface area contributed by atoms with Gasteiger partial charge in [0.05, 0.1) is 25.5 Å². The van der Waals surface area contributed by atoms with E-state index in [1.807, 2.05) is 6.07 Å². The molecule has 8 heteroatoms. The van der Waals surface area contributed by atoms with Gasteiger partial charge < -0.3 is 9.47 Å². The van der Waals surface area contributed by atoms with Crippen LogP contribution in [-0.2, 0) is 11.0 Å². The van der Waals surface area contributed by atoms with Crippen LogP contribution in [0.3, 0.4) is 0 Å². The summed E-state index contributed by atoms with van der Waals surface area (Å²) in [6, 6.07) is 9.92. The number of methoxy groups -OCH3 is 2. The lowest BCUT2D eigenvalue weighted by Gasteiger charge is -2.26. The summed E-state index contributed by atoms with van der Waals surface area (Å²) in [5.74, 6) is 1.08. The summed E-state index contributed by atoms with van der Waals surface area (Å²) in [6.45, 7) is 0. The third-order valence-corrected chi connectivity index (χ3v) is 5.23. The molecule has 1 amide bonds. The van der Waals surface area contributed by atoms with E-state index in [-0.39, 0.29) is 11.7 Å². The molecule has 0 aliphatic carbocycles. The fourth-order valence-electron chi connectivity index (χ4n) is 2.85. The number of benzene rings is 2. The van der Waals surface area contributed by atoms with Crippen molar-refractivity contribution in [3.05, 3.63) is 53.6 Å². The maximum Gasteiger partial charge on any atom is 0.416 e. The highest BCUT2D eigenvalue weighted by Crippen LogP contribution is 2.47. The molecule has 0 bridgehead atoms. The Labute approximate surface area is 152 Å². The van der Waals surface area contributed by atoms with Gasteiger partial charge in [-0.15, -0.1) is 11.8 Å². The lowest BCUT2D eigenvalue weighted by atomic mass is 10.1. The van der Waals surface area contributed by atoms with Crippen molar-refractivity contribution < 1.29 is 27.4 Å². The Morgan fingerprint density at radius 1 is 1.08 bits per heavy atom. The summed E-state index contributed by atoms with van der Waals surface area (Å²) in [6.07, 6.45) is -4.42. The van der Waals surface area contributed by atoms with Gasteiger partial charge in [-0.3, -0.25) is 9.69 Å². The van der Waals surface area contributed by atoms with Crippen molar-refractivity contribution in [2.75, 3.05) is 24.9 Å². The Kier molecular flexibility index (Phi) is 5.04. The van der Waals surface area contributed by atoms with Crippen LogP contribution < -0.4 is 14.4 Å². The molecule has 1 saturated heterocycles. The van der Waals surface area contributed by atoms with Crippen molar-refractivity contribution in [1.82, 2.24) is 0 Å². The van der Waals surface area contributed by atoms with E-state index in [1.165, 1.54) is 43.0 Å². The zero-order valence-corrected chi connectivity index (χ0v) is 14.9. The molecule has 2 aromatic carbocycles. The number of carbonyl (C=O) groups is 1. The van der Waals surface area contributed by atoms with Crippen molar-refractivity contribution in [3.8, 4) is 11.5 Å². The van der Waals surface area contributed by atoms with Crippen LogP contribution >= 0.6 is 11.8 Å². The minimum atomic E-state index is -4.42. The van der Waals surface area contributed by atoms with Crippen LogP contribution in [0.5, 0.6) is 11.5 Å². The molecule has 0 N–H and O–H groups in total. The molecule has 1 atom stereocenters. The molecule has 1 aliphatic heterocycles. The normalized spacial score (nSPS) is 17.5. The zero-order valence-electron chi connectivity index (χ0n) is 14.0. The van der Waals surface area contributed by atoms with Crippen molar-refractivity contribution in [1.29, 1.82) is 0 Å². The Morgan fingerprint density at radius 2 is 1.77 bits per heavy atom. The van der Waals surface area contributed by atoms with E-state index in [0.29, 0.717) is 17.2 Å². The Balaban J connectivity index is 2.00. The first-order valence-electron chi connectivity index (χ1n) is 7.68. The number of hydrogen-bond acceptors (Lipinski definition) is 4. The largest absolute Gasteiger partial charge is 0.493 e. The van der Waals surface area contributed by atoms with Gasteiger partial charge in [-0.25, -0.2) is 0 Å². The van der Waals surface area contributed by atoms with Gasteiger partial charge in [0.1, 0.15) is 5.37 Å². The number of ether oxygens (including phenoxy) is 2. The Morgan fingerprint density at radius 3 is 2.35 bits per heavy atom. The third-order valence-electron chi connectivity index (χ3n) is 4.04. The van der Waals surface area contributed by atoms with Crippen LogP contribution in [0.2, 0.25) is 0 Å². The highest BCUT2D eigenvalue weighted by molar-refractivity contribution is 8.00. The molecule has 0 radical (unpaired) electrons. The van der Waals surface area contributed by atoms with Gasteiger partial charge in [-0.05, 0) is 30.3 Å². The van der Waals surface area contributed by atoms with E-state index < -0.39 is 17.1 Å². The van der Waals surface area contributed by atoms with Gasteiger partial charge in [-0.1, -0.05) is 12.1 Å². The molecule has 3 rings (SSSR count). The smallest absolute Gasteiger partial charge is 0.416 e. The van der Waals surface area contributed by atoms with Crippen molar-refractivity contribution in [2.24, 2.45) is 0 Å². The fraction of sp³-hybridized carbons (Fsp3) is 0.278. The number of rotatable bonds is 4. The molecule has 26 heavy (non-hydrogen) atoms. The number of halogens is 3. The quantitative estimate of drug-likeness (QED) is 0.779. The molecular formula is C18H16F3NO3S. The molecule has 0 saturated carbocycles. The molecule has 1 unspecified atom stereocenters. The second-order valence-corrected chi connectivity index (χ2v) is 6.62. The van der Waals surface area contributed by atoms with Crippen molar-refractivity contribution in [3.63, 3.8) is 0 Å². The van der Waals surface area contributed by atoms with Crippen molar-refractivity contribution in [2.45, 2.75) is 11.6 Å². The Bertz CT molecular complexity index is 808. The number of amides is 1.